The van der Waals surface area contributed by atoms with E-state index in [1.165, 1.54) is 12.8 Å². The molecule has 1 saturated carbocycles. The van der Waals surface area contributed by atoms with Gasteiger partial charge in [-0.25, -0.2) is 8.42 Å². The van der Waals surface area contributed by atoms with Crippen LogP contribution in [0, 0.1) is 0 Å². The summed E-state index contributed by atoms with van der Waals surface area (Å²) in [5.74, 6) is 0. The van der Waals surface area contributed by atoms with Gasteiger partial charge in [0.25, 0.3) is 0 Å². The van der Waals surface area contributed by atoms with Gasteiger partial charge in [-0.1, -0.05) is 0 Å². The first kappa shape index (κ1) is 11.4. The molecule has 1 aliphatic heterocycles. The van der Waals surface area contributed by atoms with E-state index in [0.29, 0.717) is 13.1 Å². The van der Waals surface area contributed by atoms with Crippen LogP contribution < -0.4 is 0 Å². The van der Waals surface area contributed by atoms with E-state index in [1.54, 1.807) is 18.2 Å². The number of hydrogen-bond donors (Lipinski definition) is 0. The van der Waals surface area contributed by atoms with E-state index in [0.717, 1.165) is 19.1 Å². The van der Waals surface area contributed by atoms with Crippen molar-refractivity contribution in [1.82, 2.24) is 9.21 Å². The van der Waals surface area contributed by atoms with E-state index in [1.807, 2.05) is 0 Å². The summed E-state index contributed by atoms with van der Waals surface area (Å²) in [5, 5.41) is -0.287. The second-order valence-corrected chi connectivity index (χ2v) is 7.25. The maximum Gasteiger partial charge on any atom is 0.216 e. The molecule has 0 unspecified atom stereocenters. The summed E-state index contributed by atoms with van der Waals surface area (Å²) in [6, 6.07) is 0.758. The van der Waals surface area contributed by atoms with E-state index in [9.17, 15) is 8.42 Å². The normalized spacial score (nSPS) is 26.1. The number of nitrogens with zero attached hydrogens (tertiary/aromatic N) is 2. The highest BCUT2D eigenvalue weighted by Crippen LogP contribution is 2.28. The Morgan fingerprint density at radius 3 is 2.00 bits per heavy atom. The molecule has 4 nitrogen and oxygen atoms in total. The van der Waals surface area contributed by atoms with Gasteiger partial charge in [0, 0.05) is 32.2 Å². The van der Waals surface area contributed by atoms with Gasteiger partial charge < -0.3 is 0 Å². The van der Waals surface area contributed by atoms with Crippen LogP contribution in [0.4, 0.5) is 0 Å². The lowest BCUT2D eigenvalue weighted by molar-refractivity contribution is 0.180. The van der Waals surface area contributed by atoms with Gasteiger partial charge in [-0.3, -0.25) is 4.90 Å². The highest BCUT2D eigenvalue weighted by Gasteiger charge is 2.35. The molecule has 1 heterocycles. The summed E-state index contributed by atoms with van der Waals surface area (Å²) >= 11 is 0. The molecule has 1 aliphatic carbocycles. The Morgan fingerprint density at radius 1 is 1.07 bits per heavy atom. The molecule has 2 aliphatic rings. The molecule has 1 saturated heterocycles. The Kier molecular flexibility index (Phi) is 3.05. The molecule has 0 aromatic carbocycles. The van der Waals surface area contributed by atoms with E-state index in [4.69, 9.17) is 0 Å². The Labute approximate surface area is 92.3 Å². The number of sulfonamides is 1. The Balaban J connectivity index is 1.92. The van der Waals surface area contributed by atoms with Gasteiger partial charge in [0.05, 0.1) is 5.25 Å². The lowest BCUT2D eigenvalue weighted by Crippen LogP contribution is -2.50. The quantitative estimate of drug-likeness (QED) is 0.711. The van der Waals surface area contributed by atoms with Crippen LogP contribution >= 0.6 is 0 Å². The monoisotopic (exact) mass is 232 g/mol. The van der Waals surface area contributed by atoms with Crippen molar-refractivity contribution >= 4 is 10.0 Å². The van der Waals surface area contributed by atoms with Crippen molar-refractivity contribution in [1.29, 1.82) is 0 Å². The smallest absolute Gasteiger partial charge is 0.216 e. The highest BCUT2D eigenvalue weighted by atomic mass is 32.2. The summed E-state index contributed by atoms with van der Waals surface area (Å²) in [5.41, 5.74) is 0. The van der Waals surface area contributed by atoms with Crippen LogP contribution in [0.1, 0.15) is 26.7 Å². The molecule has 0 bridgehead atoms. The van der Waals surface area contributed by atoms with E-state index < -0.39 is 10.0 Å². The molecule has 0 amide bonds. The molecule has 0 spiro atoms. The molecule has 0 N–H and O–H groups in total. The van der Waals surface area contributed by atoms with Crippen molar-refractivity contribution in [3.8, 4) is 0 Å². The van der Waals surface area contributed by atoms with Crippen LogP contribution in [0.2, 0.25) is 0 Å². The molecule has 0 radical (unpaired) electrons. The lowest BCUT2D eigenvalue weighted by atomic mass is 10.3. The Hall–Kier alpha value is -0.130. The zero-order valence-electron chi connectivity index (χ0n) is 9.52. The van der Waals surface area contributed by atoms with Crippen LogP contribution in [-0.4, -0.2) is 55.1 Å². The van der Waals surface area contributed by atoms with Gasteiger partial charge in [0.1, 0.15) is 0 Å². The standard InChI is InChI=1S/C10H20N2O2S/c1-9(2)15(13,14)12-7-5-11(6-8-12)10-3-4-10/h9-10H,3-8H2,1-2H3. The van der Waals surface area contributed by atoms with Gasteiger partial charge >= 0.3 is 0 Å². The highest BCUT2D eigenvalue weighted by molar-refractivity contribution is 7.89. The van der Waals surface area contributed by atoms with E-state index >= 15 is 0 Å². The average molecular weight is 232 g/mol. The zero-order valence-corrected chi connectivity index (χ0v) is 10.3. The fraction of sp³-hybridized carbons (Fsp3) is 1.00. The summed E-state index contributed by atoms with van der Waals surface area (Å²) in [7, 11) is -3.02. The second-order valence-electron chi connectivity index (χ2n) is 4.76. The lowest BCUT2D eigenvalue weighted by Gasteiger charge is -2.34. The second kappa shape index (κ2) is 4.03. The molecule has 15 heavy (non-hydrogen) atoms. The van der Waals surface area contributed by atoms with Gasteiger partial charge in [0.2, 0.25) is 10.0 Å². The van der Waals surface area contributed by atoms with Crippen LogP contribution in [0.25, 0.3) is 0 Å². The van der Waals surface area contributed by atoms with Gasteiger partial charge in [-0.2, -0.15) is 4.31 Å². The summed E-state index contributed by atoms with van der Waals surface area (Å²) in [6.07, 6.45) is 2.61. The molecule has 88 valence electrons. The molecule has 2 rings (SSSR count). The minimum absolute atomic E-state index is 0.287. The molecule has 0 aromatic heterocycles. The summed E-state index contributed by atoms with van der Waals surface area (Å²) in [6.45, 7) is 6.69. The van der Waals surface area contributed by atoms with Crippen molar-refractivity contribution in [3.05, 3.63) is 0 Å². The third-order valence-electron chi connectivity index (χ3n) is 3.29. The Bertz CT molecular complexity index is 314. The molecular weight excluding hydrogens is 212 g/mol. The van der Waals surface area contributed by atoms with Crippen LogP contribution in [0.5, 0.6) is 0 Å². The maximum atomic E-state index is 11.9. The maximum absolute atomic E-state index is 11.9. The van der Waals surface area contributed by atoms with Crippen molar-refractivity contribution in [2.45, 2.75) is 38.0 Å². The van der Waals surface area contributed by atoms with E-state index in [2.05, 4.69) is 4.90 Å². The first-order chi connectivity index (χ1) is 7.01. The van der Waals surface area contributed by atoms with Gasteiger partial charge in [-0.15, -0.1) is 0 Å². The minimum atomic E-state index is -3.02. The largest absolute Gasteiger partial charge is 0.298 e. The van der Waals surface area contributed by atoms with E-state index in [-0.39, 0.29) is 5.25 Å². The molecule has 5 heteroatoms. The van der Waals surface area contributed by atoms with Crippen molar-refractivity contribution < 1.29 is 8.42 Å². The zero-order chi connectivity index (χ0) is 11.1. The van der Waals surface area contributed by atoms with Crippen LogP contribution in [0.15, 0.2) is 0 Å². The minimum Gasteiger partial charge on any atom is -0.298 e. The van der Waals surface area contributed by atoms with Gasteiger partial charge in [-0.05, 0) is 26.7 Å². The Morgan fingerprint density at radius 2 is 1.60 bits per heavy atom. The SMILES string of the molecule is CC(C)S(=O)(=O)N1CCN(C2CC2)CC1. The molecule has 0 aromatic rings. The topological polar surface area (TPSA) is 40.6 Å². The predicted octanol–water partition coefficient (Wildman–Crippen LogP) is 0.505. The number of hydrogen-bond acceptors (Lipinski definition) is 3. The third kappa shape index (κ3) is 2.34. The van der Waals surface area contributed by atoms with Crippen molar-refractivity contribution in [2.24, 2.45) is 0 Å². The number of rotatable bonds is 3. The molecular formula is C10H20N2O2S. The first-order valence-electron chi connectivity index (χ1n) is 5.75. The third-order valence-corrected chi connectivity index (χ3v) is 5.57. The van der Waals surface area contributed by atoms with Crippen LogP contribution in [0.3, 0.4) is 0 Å². The summed E-state index contributed by atoms with van der Waals surface area (Å²) in [4.78, 5) is 2.42. The fourth-order valence-electron chi connectivity index (χ4n) is 2.06. The summed E-state index contributed by atoms with van der Waals surface area (Å²) < 4.78 is 25.4. The van der Waals surface area contributed by atoms with Crippen molar-refractivity contribution in [3.63, 3.8) is 0 Å². The molecule has 0 atom stereocenters. The van der Waals surface area contributed by atoms with Gasteiger partial charge in [0.15, 0.2) is 0 Å². The van der Waals surface area contributed by atoms with Crippen molar-refractivity contribution in [2.75, 3.05) is 26.2 Å². The van der Waals surface area contributed by atoms with Crippen LogP contribution in [-0.2, 0) is 10.0 Å². The average Bonchev–Trinajstić information content (AvgIpc) is 3.01. The number of piperazine rings is 1. The molecule has 2 fully saturated rings. The first-order valence-corrected chi connectivity index (χ1v) is 7.25. The fourth-order valence-corrected chi connectivity index (χ4v) is 3.33. The predicted molar refractivity (Wildman–Crippen MR) is 60.2 cm³/mol.